The Kier molecular flexibility index (Phi) is 8.19. The number of rotatable bonds is 9. The third-order valence-corrected chi connectivity index (χ3v) is 4.56. The van der Waals surface area contributed by atoms with Gasteiger partial charge in [-0.25, -0.2) is 13.2 Å². The van der Waals surface area contributed by atoms with Gasteiger partial charge in [0.2, 0.25) is 5.82 Å². The monoisotopic (exact) mass is 440 g/mol. The lowest BCUT2D eigenvalue weighted by Gasteiger charge is -2.11. The van der Waals surface area contributed by atoms with Gasteiger partial charge in [0.15, 0.2) is 23.2 Å². The van der Waals surface area contributed by atoms with Gasteiger partial charge in [0.05, 0.1) is 0 Å². The van der Waals surface area contributed by atoms with Crippen molar-refractivity contribution in [3.8, 4) is 16.9 Å². The summed E-state index contributed by atoms with van der Waals surface area (Å²) in [5, 5.41) is 0. The molecule has 2 aromatic carbocycles. The van der Waals surface area contributed by atoms with Crippen LogP contribution >= 0.6 is 0 Å². The molecule has 2 aromatic rings. The summed E-state index contributed by atoms with van der Waals surface area (Å²) in [6.45, 7) is 17.2. The van der Waals surface area contributed by atoms with E-state index in [9.17, 15) is 17.6 Å². The van der Waals surface area contributed by atoms with Crippen molar-refractivity contribution in [1.29, 1.82) is 0 Å². The van der Waals surface area contributed by atoms with E-state index in [4.69, 9.17) is 4.74 Å². The zero-order chi connectivity index (χ0) is 24.0. The van der Waals surface area contributed by atoms with Gasteiger partial charge in [0.25, 0.3) is 0 Å². The molecule has 0 fully saturated rings. The average molecular weight is 440 g/mol. The number of aryl methyl sites for hydroxylation is 1. The fourth-order valence-corrected chi connectivity index (χ4v) is 2.60. The van der Waals surface area contributed by atoms with Crippen molar-refractivity contribution >= 4 is 0 Å². The first kappa shape index (κ1) is 24.7. The van der Waals surface area contributed by atoms with Gasteiger partial charge in [-0.05, 0) is 48.3 Å². The molecule has 0 spiro atoms. The van der Waals surface area contributed by atoms with Gasteiger partial charge in [-0.15, -0.1) is 0 Å². The molecule has 166 valence electrons. The molecule has 0 aliphatic heterocycles. The van der Waals surface area contributed by atoms with Crippen LogP contribution in [-0.4, -0.2) is 6.61 Å². The first-order valence-corrected chi connectivity index (χ1v) is 9.66. The summed E-state index contributed by atoms with van der Waals surface area (Å²) in [5.41, 5.74) is 1.85. The number of benzene rings is 2. The molecule has 0 amide bonds. The van der Waals surface area contributed by atoms with Gasteiger partial charge in [-0.3, -0.25) is 0 Å². The summed E-state index contributed by atoms with van der Waals surface area (Å²) in [7, 11) is 0. The van der Waals surface area contributed by atoms with Crippen LogP contribution in [0.3, 0.4) is 0 Å². The average Bonchev–Trinajstić information content (AvgIpc) is 2.77. The molecule has 0 atom stereocenters. The van der Waals surface area contributed by atoms with Crippen molar-refractivity contribution in [3.05, 3.63) is 126 Å². The van der Waals surface area contributed by atoms with Crippen LogP contribution in [0.5, 0.6) is 5.75 Å². The highest BCUT2D eigenvalue weighted by Gasteiger charge is 2.16. The molecule has 1 nitrogen and oxygen atoms in total. The topological polar surface area (TPSA) is 9.23 Å². The maximum absolute atomic E-state index is 14.5. The van der Waals surface area contributed by atoms with Crippen LogP contribution in [0.25, 0.3) is 11.1 Å². The summed E-state index contributed by atoms with van der Waals surface area (Å²) < 4.78 is 61.9. The molecule has 0 N–H and O–H groups in total. The summed E-state index contributed by atoms with van der Waals surface area (Å²) >= 11 is 0. The quantitative estimate of drug-likeness (QED) is 0.282. The zero-order valence-corrected chi connectivity index (χ0v) is 18.1. The first-order chi connectivity index (χ1) is 15.0. The molecule has 0 aliphatic carbocycles. The van der Waals surface area contributed by atoms with Gasteiger partial charge in [-0.1, -0.05) is 68.3 Å². The lowest BCUT2D eigenvalue weighted by Crippen LogP contribution is -2.02. The second-order valence-electron chi connectivity index (χ2n) is 7.30. The van der Waals surface area contributed by atoms with Crippen molar-refractivity contribution < 1.29 is 22.3 Å². The van der Waals surface area contributed by atoms with Crippen LogP contribution in [0.4, 0.5) is 17.6 Å². The number of halogens is 4. The predicted octanol–water partition coefficient (Wildman–Crippen LogP) is 8.27. The van der Waals surface area contributed by atoms with Gasteiger partial charge < -0.3 is 4.74 Å². The second kappa shape index (κ2) is 10.6. The fourth-order valence-electron chi connectivity index (χ4n) is 2.60. The standard InChI is InChI=1S/C27H24F4O/c1-16(2)24(28)25(29)20(6)19(5)10-7-18(4)15-32-23-14-13-22(26(30)27(23)31)21-11-8-17(3)9-12-21/h7-14H,1,4-6,15H2,2-3H3/b10-7-,25-24-. The molecule has 0 heterocycles. The third kappa shape index (κ3) is 5.97. The molecule has 0 aromatic heterocycles. The Balaban J connectivity index is 2.05. The first-order valence-electron chi connectivity index (χ1n) is 9.66. The van der Waals surface area contributed by atoms with Crippen LogP contribution in [-0.2, 0) is 0 Å². The summed E-state index contributed by atoms with van der Waals surface area (Å²) in [5.74, 6) is -4.65. The Morgan fingerprint density at radius 3 is 2.09 bits per heavy atom. The molecule has 0 bridgehead atoms. The molecule has 0 saturated carbocycles. The number of hydrogen-bond donors (Lipinski definition) is 0. The molecular formula is C27H24F4O. The minimum Gasteiger partial charge on any atom is -0.486 e. The molecule has 0 unspecified atom stereocenters. The fraction of sp³-hybridized carbons (Fsp3) is 0.111. The normalized spacial score (nSPS) is 11.8. The van der Waals surface area contributed by atoms with E-state index in [2.05, 4.69) is 26.3 Å². The molecule has 0 radical (unpaired) electrons. The number of ether oxygens (including phenoxy) is 1. The Hall–Kier alpha value is -3.60. The van der Waals surface area contributed by atoms with Gasteiger partial charge in [0, 0.05) is 11.1 Å². The number of allylic oxidation sites excluding steroid dienone is 6. The molecule has 32 heavy (non-hydrogen) atoms. The highest BCUT2D eigenvalue weighted by Crippen LogP contribution is 2.30. The van der Waals surface area contributed by atoms with Crippen molar-refractivity contribution in [2.45, 2.75) is 13.8 Å². The van der Waals surface area contributed by atoms with Crippen LogP contribution < -0.4 is 4.74 Å². The van der Waals surface area contributed by atoms with Crippen LogP contribution in [0.2, 0.25) is 0 Å². The Morgan fingerprint density at radius 1 is 0.875 bits per heavy atom. The third-order valence-electron chi connectivity index (χ3n) is 4.56. The largest absolute Gasteiger partial charge is 0.486 e. The Bertz CT molecular complexity index is 1130. The van der Waals surface area contributed by atoms with Gasteiger partial charge in [0.1, 0.15) is 6.61 Å². The van der Waals surface area contributed by atoms with E-state index < -0.39 is 23.3 Å². The van der Waals surface area contributed by atoms with Crippen LogP contribution in [0, 0.1) is 18.6 Å². The maximum atomic E-state index is 14.5. The van der Waals surface area contributed by atoms with E-state index in [-0.39, 0.29) is 34.6 Å². The van der Waals surface area contributed by atoms with Gasteiger partial charge in [-0.2, -0.15) is 4.39 Å². The Morgan fingerprint density at radius 2 is 1.50 bits per heavy atom. The van der Waals surface area contributed by atoms with Crippen LogP contribution in [0.15, 0.2) is 109 Å². The smallest absolute Gasteiger partial charge is 0.201 e. The van der Waals surface area contributed by atoms with Crippen molar-refractivity contribution in [1.82, 2.24) is 0 Å². The highest BCUT2D eigenvalue weighted by molar-refractivity contribution is 5.65. The van der Waals surface area contributed by atoms with E-state index >= 15 is 0 Å². The Labute approximate surface area is 186 Å². The van der Waals surface area contributed by atoms with E-state index in [0.29, 0.717) is 11.1 Å². The maximum Gasteiger partial charge on any atom is 0.201 e. The molecule has 2 rings (SSSR count). The van der Waals surface area contributed by atoms with E-state index in [0.717, 1.165) is 5.56 Å². The summed E-state index contributed by atoms with van der Waals surface area (Å²) in [4.78, 5) is 0. The molecule has 0 aliphatic rings. The van der Waals surface area contributed by atoms with Crippen molar-refractivity contribution in [3.63, 3.8) is 0 Å². The predicted molar refractivity (Wildman–Crippen MR) is 123 cm³/mol. The minimum absolute atomic E-state index is 0.0686. The van der Waals surface area contributed by atoms with Gasteiger partial charge >= 0.3 is 0 Å². The molecule has 0 saturated heterocycles. The lowest BCUT2D eigenvalue weighted by atomic mass is 10.0. The molecular weight excluding hydrogens is 416 g/mol. The van der Waals surface area contributed by atoms with E-state index in [1.807, 2.05) is 19.1 Å². The second-order valence-corrected chi connectivity index (χ2v) is 7.30. The van der Waals surface area contributed by atoms with Crippen molar-refractivity contribution in [2.75, 3.05) is 6.61 Å². The minimum atomic E-state index is -1.15. The zero-order valence-electron chi connectivity index (χ0n) is 18.1. The highest BCUT2D eigenvalue weighted by atomic mass is 19.2. The SMILES string of the molecule is C=C(/C=C\C(=C)C(=C)/C(F)=C(/F)C(=C)C)COc1ccc(-c2ccc(C)cc2)c(F)c1F. The van der Waals surface area contributed by atoms with Crippen LogP contribution in [0.1, 0.15) is 12.5 Å². The van der Waals surface area contributed by atoms with E-state index in [1.165, 1.54) is 31.2 Å². The molecule has 5 heteroatoms. The number of hydrogen-bond acceptors (Lipinski definition) is 1. The summed E-state index contributed by atoms with van der Waals surface area (Å²) in [6.07, 6.45) is 2.81. The lowest BCUT2D eigenvalue weighted by molar-refractivity contribution is 0.327. The summed E-state index contributed by atoms with van der Waals surface area (Å²) in [6, 6.07) is 9.82. The van der Waals surface area contributed by atoms with E-state index in [1.54, 1.807) is 12.1 Å². The van der Waals surface area contributed by atoms with Crippen molar-refractivity contribution in [2.24, 2.45) is 0 Å².